The van der Waals surface area contributed by atoms with E-state index in [2.05, 4.69) is 4.98 Å². The molecule has 0 spiro atoms. The van der Waals surface area contributed by atoms with Gasteiger partial charge >= 0.3 is 5.69 Å². The second kappa shape index (κ2) is 9.91. The number of aromatic nitrogens is 2. The third kappa shape index (κ3) is 5.40. The van der Waals surface area contributed by atoms with Gasteiger partial charge in [-0.15, -0.1) is 0 Å². The molecule has 0 aliphatic heterocycles. The van der Waals surface area contributed by atoms with Crippen molar-refractivity contribution in [3.05, 3.63) is 98.5 Å². The van der Waals surface area contributed by atoms with Crippen LogP contribution >= 0.6 is 0 Å². The third-order valence-corrected chi connectivity index (χ3v) is 4.75. The van der Waals surface area contributed by atoms with Crippen LogP contribution in [0.3, 0.4) is 0 Å². The Morgan fingerprint density at radius 2 is 1.88 bits per heavy atom. The smallest absolute Gasteiger partial charge is 0.330 e. The summed E-state index contributed by atoms with van der Waals surface area (Å²) >= 11 is 0. The monoisotopic (exact) mass is 436 g/mol. The minimum atomic E-state index is -0.745. The minimum Gasteiger partial charge on any atom is -0.383 e. The summed E-state index contributed by atoms with van der Waals surface area (Å²) in [5.41, 5.74) is 6.06. The van der Waals surface area contributed by atoms with Gasteiger partial charge in [0, 0.05) is 12.6 Å². The number of H-pyrrole nitrogens is 1. The zero-order chi connectivity index (χ0) is 23.3. The normalized spacial score (nSPS) is 11.2. The maximum absolute atomic E-state index is 13.4. The van der Waals surface area contributed by atoms with Crippen LogP contribution < -0.4 is 21.9 Å². The molecule has 0 atom stereocenters. The van der Waals surface area contributed by atoms with Gasteiger partial charge in [-0.05, 0) is 35.3 Å². The second-order valence-electron chi connectivity index (χ2n) is 7.80. The molecule has 166 valence electrons. The summed E-state index contributed by atoms with van der Waals surface area (Å²) in [5.74, 6) is -1.03. The molecule has 32 heavy (non-hydrogen) atoms. The lowest BCUT2D eigenvalue weighted by Gasteiger charge is -2.25. The highest BCUT2D eigenvalue weighted by molar-refractivity contribution is 6.05. The van der Waals surface area contributed by atoms with Crippen LogP contribution in [0.15, 0.2) is 70.3 Å². The van der Waals surface area contributed by atoms with Gasteiger partial charge in [-0.25, -0.2) is 9.18 Å². The lowest BCUT2D eigenvalue weighted by molar-refractivity contribution is -0.114. The van der Waals surface area contributed by atoms with Crippen molar-refractivity contribution < 1.29 is 9.18 Å². The molecule has 7 nitrogen and oxygen atoms in total. The van der Waals surface area contributed by atoms with E-state index in [1.165, 1.54) is 39.8 Å². The number of aromatic amines is 1. The zero-order valence-electron chi connectivity index (χ0n) is 17.9. The van der Waals surface area contributed by atoms with Gasteiger partial charge in [0.05, 0.1) is 6.54 Å². The number of benzene rings is 2. The summed E-state index contributed by atoms with van der Waals surface area (Å²) in [6, 6.07) is 14.9. The molecule has 1 heterocycles. The first-order chi connectivity index (χ1) is 15.3. The Labute approximate surface area is 184 Å². The number of nitrogen functional groups attached to an aromatic ring is 1. The summed E-state index contributed by atoms with van der Waals surface area (Å²) in [6.07, 6.45) is 2.71. The quantitative estimate of drug-likeness (QED) is 0.556. The second-order valence-corrected chi connectivity index (χ2v) is 7.80. The maximum Gasteiger partial charge on any atom is 0.330 e. The first-order valence-electron chi connectivity index (χ1n) is 10.2. The van der Waals surface area contributed by atoms with E-state index in [0.29, 0.717) is 5.56 Å². The number of hydrogen-bond acceptors (Lipinski definition) is 4. The van der Waals surface area contributed by atoms with E-state index in [1.54, 1.807) is 6.07 Å². The molecule has 3 N–H and O–H groups in total. The van der Waals surface area contributed by atoms with Crippen molar-refractivity contribution in [2.75, 3.05) is 17.2 Å². The van der Waals surface area contributed by atoms with Crippen molar-refractivity contribution in [2.45, 2.75) is 20.4 Å². The van der Waals surface area contributed by atoms with Gasteiger partial charge in [0.25, 0.3) is 11.5 Å². The predicted molar refractivity (Wildman–Crippen MR) is 124 cm³/mol. The first-order valence-corrected chi connectivity index (χ1v) is 10.2. The van der Waals surface area contributed by atoms with Gasteiger partial charge < -0.3 is 10.6 Å². The van der Waals surface area contributed by atoms with Crippen LogP contribution in [-0.2, 0) is 11.3 Å². The molecule has 1 aromatic heterocycles. The van der Waals surface area contributed by atoms with Crippen LogP contribution in [0.5, 0.6) is 0 Å². The van der Waals surface area contributed by atoms with E-state index in [0.717, 1.165) is 5.56 Å². The average Bonchev–Trinajstić information content (AvgIpc) is 2.74. The summed E-state index contributed by atoms with van der Waals surface area (Å²) in [6.45, 7) is 4.11. The van der Waals surface area contributed by atoms with E-state index in [-0.39, 0.29) is 30.5 Å². The summed E-state index contributed by atoms with van der Waals surface area (Å²) < 4.78 is 14.7. The number of anilines is 2. The molecule has 3 aromatic rings. The van der Waals surface area contributed by atoms with Crippen LogP contribution in [0.4, 0.5) is 15.9 Å². The van der Waals surface area contributed by atoms with Gasteiger partial charge in [-0.3, -0.25) is 19.1 Å². The molecule has 0 aliphatic carbocycles. The number of carbonyl (C=O) groups excluding carboxylic acids is 1. The standard InChI is InChI=1S/C24H25FN4O3/c1-16(2)14-28(20(30)12-11-17-9-6-10-19(25)13-17)21-22(26)29(24(32)27-23(21)31)15-18-7-4-3-5-8-18/h3-13,16H,14-15,26H2,1-2H3,(H,27,31,32). The lowest BCUT2D eigenvalue weighted by atomic mass is 10.1. The van der Waals surface area contributed by atoms with Gasteiger partial charge in [-0.2, -0.15) is 0 Å². The van der Waals surface area contributed by atoms with Crippen molar-refractivity contribution in [3.8, 4) is 0 Å². The number of rotatable bonds is 7. The number of nitrogens with one attached hydrogen (secondary N) is 1. The highest BCUT2D eigenvalue weighted by Gasteiger charge is 2.23. The van der Waals surface area contributed by atoms with E-state index < -0.39 is 23.0 Å². The highest BCUT2D eigenvalue weighted by Crippen LogP contribution is 2.20. The SMILES string of the molecule is CC(C)CN(C(=O)C=Cc1cccc(F)c1)c1c(N)n(Cc2ccccc2)c(=O)[nH]c1=O. The highest BCUT2D eigenvalue weighted by atomic mass is 19.1. The molecule has 0 unspecified atom stereocenters. The number of nitrogens with zero attached hydrogens (tertiary/aromatic N) is 2. The number of nitrogens with two attached hydrogens (primary N) is 1. The Morgan fingerprint density at radius 1 is 1.16 bits per heavy atom. The minimum absolute atomic E-state index is 0.00909. The molecule has 0 aliphatic rings. The lowest BCUT2D eigenvalue weighted by Crippen LogP contribution is -2.42. The maximum atomic E-state index is 13.4. The van der Waals surface area contributed by atoms with Crippen molar-refractivity contribution in [2.24, 2.45) is 5.92 Å². The number of amides is 1. The topological polar surface area (TPSA) is 101 Å². The fraction of sp³-hybridized carbons (Fsp3) is 0.208. The van der Waals surface area contributed by atoms with Crippen LogP contribution in [0.1, 0.15) is 25.0 Å². The predicted octanol–water partition coefficient (Wildman–Crippen LogP) is 3.01. The molecule has 2 aromatic carbocycles. The van der Waals surface area contributed by atoms with E-state index in [9.17, 15) is 18.8 Å². The van der Waals surface area contributed by atoms with Gasteiger partial charge in [0.1, 0.15) is 11.6 Å². The van der Waals surface area contributed by atoms with E-state index in [4.69, 9.17) is 5.73 Å². The van der Waals surface area contributed by atoms with E-state index >= 15 is 0 Å². The Hall–Kier alpha value is -3.94. The largest absolute Gasteiger partial charge is 0.383 e. The number of carbonyl (C=O) groups is 1. The fourth-order valence-electron chi connectivity index (χ4n) is 3.29. The summed E-state index contributed by atoms with van der Waals surface area (Å²) in [4.78, 5) is 41.7. The van der Waals surface area contributed by atoms with Crippen molar-refractivity contribution in [3.63, 3.8) is 0 Å². The summed E-state index contributed by atoms with van der Waals surface area (Å²) in [7, 11) is 0. The molecule has 0 radical (unpaired) electrons. The number of hydrogen-bond donors (Lipinski definition) is 2. The molecule has 1 amide bonds. The van der Waals surface area contributed by atoms with Crippen molar-refractivity contribution >= 4 is 23.5 Å². The molecule has 0 fully saturated rings. The molecule has 8 heteroatoms. The number of halogens is 1. The Balaban J connectivity index is 2.03. The van der Waals surface area contributed by atoms with Crippen LogP contribution in [-0.4, -0.2) is 22.0 Å². The fourth-order valence-corrected chi connectivity index (χ4v) is 3.29. The Morgan fingerprint density at radius 3 is 2.53 bits per heavy atom. The summed E-state index contributed by atoms with van der Waals surface area (Å²) in [5, 5.41) is 0. The molecular formula is C24H25FN4O3. The molecule has 0 bridgehead atoms. The average molecular weight is 436 g/mol. The Kier molecular flexibility index (Phi) is 7.04. The van der Waals surface area contributed by atoms with E-state index in [1.807, 2.05) is 44.2 Å². The van der Waals surface area contributed by atoms with Crippen LogP contribution in [0.2, 0.25) is 0 Å². The van der Waals surface area contributed by atoms with Gasteiger partial charge in [0.15, 0.2) is 5.69 Å². The molecular weight excluding hydrogens is 411 g/mol. The first kappa shape index (κ1) is 22.7. The zero-order valence-corrected chi connectivity index (χ0v) is 17.9. The van der Waals surface area contributed by atoms with Crippen LogP contribution in [0, 0.1) is 11.7 Å². The molecule has 0 saturated carbocycles. The Bertz CT molecular complexity index is 1250. The van der Waals surface area contributed by atoms with Gasteiger partial charge in [-0.1, -0.05) is 56.3 Å². The molecule has 0 saturated heterocycles. The van der Waals surface area contributed by atoms with Crippen LogP contribution in [0.25, 0.3) is 6.08 Å². The van der Waals surface area contributed by atoms with Gasteiger partial charge in [0.2, 0.25) is 0 Å². The van der Waals surface area contributed by atoms with Crippen molar-refractivity contribution in [1.29, 1.82) is 0 Å². The third-order valence-electron chi connectivity index (χ3n) is 4.75. The molecule has 3 rings (SSSR count). The van der Waals surface area contributed by atoms with Crippen molar-refractivity contribution in [1.82, 2.24) is 9.55 Å².